The van der Waals surface area contributed by atoms with Crippen LogP contribution in [0.5, 0.6) is 0 Å². The number of hydrogen-bond acceptors (Lipinski definition) is 3. The van der Waals surface area contributed by atoms with Crippen molar-refractivity contribution in [1.29, 1.82) is 0 Å². The molecular formula is C15H24N4O. The van der Waals surface area contributed by atoms with Crippen LogP contribution in [0.2, 0.25) is 0 Å². The van der Waals surface area contributed by atoms with Crippen molar-refractivity contribution < 1.29 is 4.79 Å². The standard InChI is InChI=1S/C15H24N4O/c1-11-12(10-18-19-11)3-2-6-17-14(20)13-9-15(13)4-7-16-8-5-15/h10,13,16H,2-9H2,1H3,(H,17,20)(H,18,19). The van der Waals surface area contributed by atoms with Crippen LogP contribution in [0.25, 0.3) is 0 Å². The molecule has 5 heteroatoms. The van der Waals surface area contributed by atoms with E-state index in [1.807, 2.05) is 13.1 Å². The normalized spacial score (nSPS) is 23.8. The number of carbonyl (C=O) groups excluding carboxylic acids is 1. The number of piperidine rings is 1. The van der Waals surface area contributed by atoms with Crippen molar-refractivity contribution in [2.24, 2.45) is 11.3 Å². The van der Waals surface area contributed by atoms with E-state index in [1.165, 1.54) is 18.4 Å². The van der Waals surface area contributed by atoms with Gasteiger partial charge >= 0.3 is 0 Å². The Balaban J connectivity index is 1.37. The average molecular weight is 276 g/mol. The Kier molecular flexibility index (Phi) is 3.78. The van der Waals surface area contributed by atoms with Gasteiger partial charge < -0.3 is 10.6 Å². The summed E-state index contributed by atoms with van der Waals surface area (Å²) >= 11 is 0. The Morgan fingerprint density at radius 1 is 1.50 bits per heavy atom. The fraction of sp³-hybridized carbons (Fsp3) is 0.733. The van der Waals surface area contributed by atoms with Gasteiger partial charge in [-0.15, -0.1) is 0 Å². The summed E-state index contributed by atoms with van der Waals surface area (Å²) in [5.41, 5.74) is 2.73. The number of aromatic amines is 1. The van der Waals surface area contributed by atoms with Gasteiger partial charge in [0.25, 0.3) is 0 Å². The van der Waals surface area contributed by atoms with E-state index in [9.17, 15) is 4.79 Å². The van der Waals surface area contributed by atoms with E-state index in [0.717, 1.165) is 44.6 Å². The summed E-state index contributed by atoms with van der Waals surface area (Å²) in [5, 5.41) is 13.4. The van der Waals surface area contributed by atoms with Gasteiger partial charge in [-0.2, -0.15) is 5.10 Å². The topological polar surface area (TPSA) is 69.8 Å². The summed E-state index contributed by atoms with van der Waals surface area (Å²) in [6.45, 7) is 4.95. The van der Waals surface area contributed by atoms with Crippen LogP contribution in [0.15, 0.2) is 6.20 Å². The molecule has 5 nitrogen and oxygen atoms in total. The minimum absolute atomic E-state index is 0.274. The molecule has 1 aromatic rings. The number of aromatic nitrogens is 2. The third kappa shape index (κ3) is 2.73. The van der Waals surface area contributed by atoms with Crippen molar-refractivity contribution in [3.63, 3.8) is 0 Å². The Morgan fingerprint density at radius 2 is 2.30 bits per heavy atom. The van der Waals surface area contributed by atoms with Crippen molar-refractivity contribution in [2.45, 2.75) is 39.0 Å². The van der Waals surface area contributed by atoms with Gasteiger partial charge in [0.05, 0.1) is 6.20 Å². The van der Waals surface area contributed by atoms with Crippen LogP contribution in [0.1, 0.15) is 36.9 Å². The molecule has 1 saturated carbocycles. The number of hydrogen-bond donors (Lipinski definition) is 3. The van der Waals surface area contributed by atoms with Gasteiger partial charge in [0, 0.05) is 18.2 Å². The van der Waals surface area contributed by atoms with Gasteiger partial charge in [0.15, 0.2) is 0 Å². The summed E-state index contributed by atoms with van der Waals surface area (Å²) < 4.78 is 0. The Bertz CT molecular complexity index is 476. The molecule has 3 N–H and O–H groups in total. The second-order valence-electron chi connectivity index (χ2n) is 6.28. The van der Waals surface area contributed by atoms with Crippen molar-refractivity contribution in [1.82, 2.24) is 20.8 Å². The summed E-state index contributed by atoms with van der Waals surface area (Å²) in [5.74, 6) is 0.552. The van der Waals surface area contributed by atoms with E-state index in [-0.39, 0.29) is 11.8 Å². The third-order valence-corrected chi connectivity index (χ3v) is 4.96. The molecule has 3 rings (SSSR count). The molecule has 2 aliphatic rings. The lowest BCUT2D eigenvalue weighted by atomic mass is 9.92. The van der Waals surface area contributed by atoms with Gasteiger partial charge in [0.1, 0.15) is 0 Å². The van der Waals surface area contributed by atoms with Crippen LogP contribution in [-0.4, -0.2) is 35.7 Å². The Morgan fingerprint density at radius 3 is 3.00 bits per heavy atom. The zero-order valence-electron chi connectivity index (χ0n) is 12.2. The highest BCUT2D eigenvalue weighted by molar-refractivity contribution is 5.82. The molecule has 1 amide bonds. The lowest BCUT2D eigenvalue weighted by Gasteiger charge is -2.23. The van der Waals surface area contributed by atoms with Crippen LogP contribution in [-0.2, 0) is 11.2 Å². The number of rotatable bonds is 5. The van der Waals surface area contributed by atoms with Crippen LogP contribution < -0.4 is 10.6 Å². The van der Waals surface area contributed by atoms with E-state index < -0.39 is 0 Å². The minimum Gasteiger partial charge on any atom is -0.356 e. The first-order chi connectivity index (χ1) is 9.71. The maximum Gasteiger partial charge on any atom is 0.223 e. The minimum atomic E-state index is 0.274. The maximum atomic E-state index is 12.2. The predicted octanol–water partition coefficient (Wildman–Crippen LogP) is 1.16. The highest BCUT2D eigenvalue weighted by atomic mass is 16.2. The SMILES string of the molecule is Cc1[nH]ncc1CCCNC(=O)C1CC12CCNCC2. The molecule has 1 spiro atoms. The smallest absolute Gasteiger partial charge is 0.223 e. The summed E-state index contributed by atoms with van der Waals surface area (Å²) in [6.07, 6.45) is 7.26. The fourth-order valence-corrected chi connectivity index (χ4v) is 3.44. The molecule has 1 unspecified atom stereocenters. The van der Waals surface area contributed by atoms with E-state index in [0.29, 0.717) is 5.41 Å². The van der Waals surface area contributed by atoms with Crippen LogP contribution >= 0.6 is 0 Å². The molecule has 0 aromatic carbocycles. The molecule has 20 heavy (non-hydrogen) atoms. The Hall–Kier alpha value is -1.36. The van der Waals surface area contributed by atoms with E-state index >= 15 is 0 Å². The lowest BCUT2D eigenvalue weighted by molar-refractivity contribution is -0.123. The quantitative estimate of drug-likeness (QED) is 0.707. The van der Waals surface area contributed by atoms with Crippen LogP contribution in [0, 0.1) is 18.3 Å². The highest BCUT2D eigenvalue weighted by Gasteiger charge is 2.57. The molecule has 0 bridgehead atoms. The number of carbonyl (C=O) groups is 1. The summed E-state index contributed by atoms with van der Waals surface area (Å²) in [7, 11) is 0. The highest BCUT2D eigenvalue weighted by Crippen LogP contribution is 2.58. The molecule has 1 aromatic heterocycles. The van der Waals surface area contributed by atoms with Crippen LogP contribution in [0.3, 0.4) is 0 Å². The molecule has 2 heterocycles. The van der Waals surface area contributed by atoms with Crippen molar-refractivity contribution in [3.8, 4) is 0 Å². The summed E-state index contributed by atoms with van der Waals surface area (Å²) in [6, 6.07) is 0. The van der Waals surface area contributed by atoms with E-state index in [4.69, 9.17) is 0 Å². The van der Waals surface area contributed by atoms with Gasteiger partial charge in [-0.05, 0) is 63.1 Å². The first kappa shape index (κ1) is 13.6. The average Bonchev–Trinajstić information content (AvgIpc) is 2.98. The zero-order chi connectivity index (χ0) is 14.0. The monoisotopic (exact) mass is 276 g/mol. The first-order valence-electron chi connectivity index (χ1n) is 7.69. The maximum absolute atomic E-state index is 12.2. The number of aryl methyl sites for hydroxylation is 2. The zero-order valence-corrected chi connectivity index (χ0v) is 12.2. The lowest BCUT2D eigenvalue weighted by Crippen LogP contribution is -2.34. The largest absolute Gasteiger partial charge is 0.356 e. The van der Waals surface area contributed by atoms with Gasteiger partial charge in [-0.25, -0.2) is 0 Å². The van der Waals surface area contributed by atoms with Crippen LogP contribution in [0.4, 0.5) is 0 Å². The number of nitrogens with one attached hydrogen (secondary N) is 3. The first-order valence-corrected chi connectivity index (χ1v) is 7.69. The molecular weight excluding hydrogens is 252 g/mol. The second-order valence-corrected chi connectivity index (χ2v) is 6.28. The molecule has 1 saturated heterocycles. The van der Waals surface area contributed by atoms with Gasteiger partial charge in [-0.1, -0.05) is 0 Å². The van der Waals surface area contributed by atoms with Gasteiger partial charge in [-0.3, -0.25) is 9.89 Å². The third-order valence-electron chi connectivity index (χ3n) is 4.96. The number of H-pyrrole nitrogens is 1. The number of amides is 1. The molecule has 0 radical (unpaired) electrons. The molecule has 110 valence electrons. The molecule has 1 aliphatic heterocycles. The molecule has 1 atom stereocenters. The summed E-state index contributed by atoms with van der Waals surface area (Å²) in [4.78, 5) is 12.2. The predicted molar refractivity (Wildman–Crippen MR) is 77.3 cm³/mol. The Labute approximate surface area is 119 Å². The van der Waals surface area contributed by atoms with E-state index in [1.54, 1.807) is 0 Å². The number of nitrogens with zero attached hydrogens (tertiary/aromatic N) is 1. The second kappa shape index (κ2) is 5.56. The fourth-order valence-electron chi connectivity index (χ4n) is 3.44. The van der Waals surface area contributed by atoms with Crippen molar-refractivity contribution >= 4 is 5.91 Å². The van der Waals surface area contributed by atoms with Crippen molar-refractivity contribution in [3.05, 3.63) is 17.5 Å². The molecule has 1 aliphatic carbocycles. The molecule has 2 fully saturated rings. The van der Waals surface area contributed by atoms with E-state index in [2.05, 4.69) is 20.8 Å². The van der Waals surface area contributed by atoms with Crippen molar-refractivity contribution in [2.75, 3.05) is 19.6 Å². The van der Waals surface area contributed by atoms with Gasteiger partial charge in [0.2, 0.25) is 5.91 Å².